The molecule has 9 heteroatoms. The maximum absolute atomic E-state index is 5.65. The summed E-state index contributed by atoms with van der Waals surface area (Å²) in [7, 11) is 1.69. The lowest BCUT2D eigenvalue weighted by molar-refractivity contribution is 0.0170. The number of hydrogen-bond donors (Lipinski definition) is 2. The molecule has 8 nitrogen and oxygen atoms in total. The van der Waals surface area contributed by atoms with Crippen LogP contribution in [0, 0.1) is 13.8 Å². The molecule has 1 unspecified atom stereocenters. The van der Waals surface area contributed by atoms with Gasteiger partial charge in [0, 0.05) is 26.2 Å². The zero-order valence-electron chi connectivity index (χ0n) is 18.8. The third kappa shape index (κ3) is 7.36. The van der Waals surface area contributed by atoms with Crippen LogP contribution in [0.15, 0.2) is 33.7 Å². The van der Waals surface area contributed by atoms with Gasteiger partial charge >= 0.3 is 0 Å². The summed E-state index contributed by atoms with van der Waals surface area (Å²) < 4.78 is 16.5. The molecule has 0 saturated carbocycles. The number of methoxy groups -OCH3 is 1. The van der Waals surface area contributed by atoms with E-state index in [1.165, 1.54) is 5.56 Å². The highest BCUT2D eigenvalue weighted by Crippen LogP contribution is 2.23. The number of guanidine groups is 1. The van der Waals surface area contributed by atoms with Gasteiger partial charge in [0.1, 0.15) is 18.1 Å². The van der Waals surface area contributed by atoms with Gasteiger partial charge in [-0.05, 0) is 38.5 Å². The summed E-state index contributed by atoms with van der Waals surface area (Å²) in [6.45, 7) is 11.1. The van der Waals surface area contributed by atoms with Crippen LogP contribution < -0.4 is 15.4 Å². The highest BCUT2D eigenvalue weighted by molar-refractivity contribution is 14.0. The van der Waals surface area contributed by atoms with Crippen molar-refractivity contribution < 1.29 is 13.9 Å². The van der Waals surface area contributed by atoms with Crippen molar-refractivity contribution in [2.45, 2.75) is 33.4 Å². The number of rotatable bonds is 8. The summed E-state index contributed by atoms with van der Waals surface area (Å²) in [6, 6.07) is 8.48. The lowest BCUT2D eigenvalue weighted by Crippen LogP contribution is -2.46. The smallest absolute Gasteiger partial charge is 0.216 e. The van der Waals surface area contributed by atoms with Gasteiger partial charge in [-0.3, -0.25) is 4.90 Å². The molecule has 1 fully saturated rings. The standard InChI is InChI=1S/C22H33N5O3.HI/c1-5-23-22(25-15-21-26-16(2)17(3)30-21)24-14-20(27-10-12-29-13-11-27)18-6-8-19(28-4)9-7-18;/h6-9,20H,5,10-15H2,1-4H3,(H2,23,24,25);1H. The second-order valence-electron chi connectivity index (χ2n) is 7.26. The lowest BCUT2D eigenvalue weighted by Gasteiger charge is -2.35. The monoisotopic (exact) mass is 543 g/mol. The predicted octanol–water partition coefficient (Wildman–Crippen LogP) is 3.05. The van der Waals surface area contributed by atoms with Gasteiger partial charge in [0.05, 0.1) is 32.1 Å². The molecule has 1 aromatic carbocycles. The van der Waals surface area contributed by atoms with Crippen LogP contribution in [-0.4, -0.2) is 62.3 Å². The number of halogens is 1. The molecule has 1 atom stereocenters. The quantitative estimate of drug-likeness (QED) is 0.301. The molecule has 0 amide bonds. The van der Waals surface area contributed by atoms with Gasteiger partial charge in [-0.25, -0.2) is 9.98 Å². The van der Waals surface area contributed by atoms with Crippen LogP contribution in [0.5, 0.6) is 5.75 Å². The van der Waals surface area contributed by atoms with Gasteiger partial charge in [-0.15, -0.1) is 24.0 Å². The molecular weight excluding hydrogens is 509 g/mol. The SMILES string of the molecule is CCNC(=NCc1nc(C)c(C)o1)NCC(c1ccc(OC)cc1)N1CCOCC1.I. The Kier molecular flexibility index (Phi) is 10.6. The zero-order valence-corrected chi connectivity index (χ0v) is 21.1. The molecular formula is C22H34IN5O3. The molecule has 172 valence electrons. The zero-order chi connectivity index (χ0) is 21.3. The number of nitrogens with zero attached hydrogens (tertiary/aromatic N) is 3. The van der Waals surface area contributed by atoms with Crippen molar-refractivity contribution >= 4 is 29.9 Å². The minimum Gasteiger partial charge on any atom is -0.497 e. The summed E-state index contributed by atoms with van der Waals surface area (Å²) in [4.78, 5) is 11.5. The first-order valence-corrected chi connectivity index (χ1v) is 10.5. The van der Waals surface area contributed by atoms with Crippen LogP contribution in [-0.2, 0) is 11.3 Å². The van der Waals surface area contributed by atoms with Gasteiger partial charge in [0.15, 0.2) is 5.96 Å². The molecule has 3 rings (SSSR count). The summed E-state index contributed by atoms with van der Waals surface area (Å²) in [6.07, 6.45) is 0. The highest BCUT2D eigenvalue weighted by atomic mass is 127. The number of aryl methyl sites for hydroxylation is 2. The number of nitrogens with one attached hydrogen (secondary N) is 2. The molecule has 1 saturated heterocycles. The van der Waals surface area contributed by atoms with Crippen molar-refractivity contribution in [2.24, 2.45) is 4.99 Å². The molecule has 0 spiro atoms. The van der Waals surface area contributed by atoms with Crippen molar-refractivity contribution in [3.05, 3.63) is 47.2 Å². The maximum Gasteiger partial charge on any atom is 0.216 e. The molecule has 2 heterocycles. The normalized spacial score (nSPS) is 15.8. The Balaban J connectivity index is 0.00000341. The van der Waals surface area contributed by atoms with Crippen molar-refractivity contribution in [3.63, 3.8) is 0 Å². The van der Waals surface area contributed by atoms with Gasteiger partial charge in [0.2, 0.25) is 5.89 Å². The molecule has 0 radical (unpaired) electrons. The second-order valence-corrected chi connectivity index (χ2v) is 7.26. The van der Waals surface area contributed by atoms with Crippen LogP contribution in [0.1, 0.15) is 35.9 Å². The fourth-order valence-electron chi connectivity index (χ4n) is 3.46. The Morgan fingerprint density at radius 3 is 2.48 bits per heavy atom. The van der Waals surface area contributed by atoms with E-state index in [1.54, 1.807) is 7.11 Å². The first-order chi connectivity index (χ1) is 14.6. The van der Waals surface area contributed by atoms with Crippen molar-refractivity contribution in [1.29, 1.82) is 0 Å². The summed E-state index contributed by atoms with van der Waals surface area (Å²) >= 11 is 0. The Bertz CT molecular complexity index is 800. The Morgan fingerprint density at radius 1 is 1.19 bits per heavy atom. The maximum atomic E-state index is 5.65. The van der Waals surface area contributed by atoms with E-state index in [4.69, 9.17) is 13.9 Å². The van der Waals surface area contributed by atoms with Gasteiger partial charge in [-0.1, -0.05) is 12.1 Å². The number of ether oxygens (including phenoxy) is 2. The van der Waals surface area contributed by atoms with E-state index in [0.29, 0.717) is 12.4 Å². The summed E-state index contributed by atoms with van der Waals surface area (Å²) in [5.41, 5.74) is 2.14. The third-order valence-electron chi connectivity index (χ3n) is 5.24. The van der Waals surface area contributed by atoms with Crippen molar-refractivity contribution in [3.8, 4) is 5.75 Å². The first kappa shape index (κ1) is 25.4. The van der Waals surface area contributed by atoms with Crippen LogP contribution >= 0.6 is 24.0 Å². The average Bonchev–Trinajstić information content (AvgIpc) is 3.10. The van der Waals surface area contributed by atoms with Gasteiger partial charge < -0.3 is 24.5 Å². The Morgan fingerprint density at radius 2 is 1.90 bits per heavy atom. The largest absolute Gasteiger partial charge is 0.497 e. The minimum atomic E-state index is 0. The fourth-order valence-corrected chi connectivity index (χ4v) is 3.46. The van der Waals surface area contributed by atoms with Crippen molar-refractivity contribution in [1.82, 2.24) is 20.5 Å². The number of hydrogen-bond acceptors (Lipinski definition) is 6. The molecule has 31 heavy (non-hydrogen) atoms. The summed E-state index contributed by atoms with van der Waals surface area (Å²) in [5.74, 6) is 3.07. The number of benzene rings is 1. The molecule has 2 N–H and O–H groups in total. The molecule has 1 aromatic heterocycles. The van der Waals surface area contributed by atoms with E-state index < -0.39 is 0 Å². The molecule has 0 bridgehead atoms. The third-order valence-corrected chi connectivity index (χ3v) is 5.24. The summed E-state index contributed by atoms with van der Waals surface area (Å²) in [5, 5.41) is 6.80. The minimum absolute atomic E-state index is 0. The van der Waals surface area contributed by atoms with E-state index in [2.05, 4.69) is 44.6 Å². The Hall–Kier alpha value is -1.85. The molecule has 0 aliphatic carbocycles. The van der Waals surface area contributed by atoms with E-state index >= 15 is 0 Å². The van der Waals surface area contributed by atoms with E-state index in [-0.39, 0.29) is 30.0 Å². The molecule has 1 aliphatic rings. The van der Waals surface area contributed by atoms with Gasteiger partial charge in [-0.2, -0.15) is 0 Å². The van der Waals surface area contributed by atoms with Crippen LogP contribution in [0.2, 0.25) is 0 Å². The molecule has 2 aromatic rings. The first-order valence-electron chi connectivity index (χ1n) is 10.5. The number of morpholine rings is 1. The van der Waals surface area contributed by atoms with Gasteiger partial charge in [0.25, 0.3) is 0 Å². The lowest BCUT2D eigenvalue weighted by atomic mass is 10.0. The number of aliphatic imine (C=N–C) groups is 1. The van der Waals surface area contributed by atoms with E-state index in [0.717, 1.165) is 62.6 Å². The van der Waals surface area contributed by atoms with Crippen LogP contribution in [0.25, 0.3) is 0 Å². The topological polar surface area (TPSA) is 84.2 Å². The highest BCUT2D eigenvalue weighted by Gasteiger charge is 2.23. The van der Waals surface area contributed by atoms with E-state index in [1.807, 2.05) is 26.0 Å². The number of oxazole rings is 1. The number of aromatic nitrogens is 1. The van der Waals surface area contributed by atoms with Crippen LogP contribution in [0.3, 0.4) is 0 Å². The predicted molar refractivity (Wildman–Crippen MR) is 132 cm³/mol. The molecule has 1 aliphatic heterocycles. The Labute approximate surface area is 201 Å². The average molecular weight is 543 g/mol. The van der Waals surface area contributed by atoms with E-state index in [9.17, 15) is 0 Å². The second kappa shape index (κ2) is 12.9. The van der Waals surface area contributed by atoms with Crippen molar-refractivity contribution in [2.75, 3.05) is 46.5 Å². The van der Waals surface area contributed by atoms with Crippen LogP contribution in [0.4, 0.5) is 0 Å². The fraction of sp³-hybridized carbons (Fsp3) is 0.545.